The summed E-state index contributed by atoms with van der Waals surface area (Å²) >= 11 is 0. The minimum Gasteiger partial charge on any atom is -0.468 e. The van der Waals surface area contributed by atoms with Gasteiger partial charge in [-0.05, 0) is 12.2 Å². The molecule has 0 aromatic rings. The summed E-state index contributed by atoms with van der Waals surface area (Å²) in [6.07, 6.45) is -1.10. The maximum Gasteiger partial charge on any atom is 0.412 e. The van der Waals surface area contributed by atoms with Crippen LogP contribution in [0.2, 0.25) is 0 Å². The van der Waals surface area contributed by atoms with Crippen molar-refractivity contribution in [2.75, 3.05) is 14.2 Å². The van der Waals surface area contributed by atoms with Gasteiger partial charge in [0.25, 0.3) is 0 Å². The molecule has 9 heteroatoms. The number of hydrogen-bond donors (Lipinski definition) is 2. The van der Waals surface area contributed by atoms with E-state index in [2.05, 4.69) is 15.5 Å². The van der Waals surface area contributed by atoms with Crippen molar-refractivity contribution in [3.8, 4) is 6.07 Å². The van der Waals surface area contributed by atoms with Crippen LogP contribution in [-0.4, -0.2) is 43.4 Å². The summed E-state index contributed by atoms with van der Waals surface area (Å²) < 4.78 is 43.1. The fraction of sp³-hybridized carbons (Fsp3) is 0.529. The van der Waals surface area contributed by atoms with Crippen LogP contribution in [-0.2, 0) is 9.53 Å². The van der Waals surface area contributed by atoms with E-state index in [0.717, 1.165) is 12.2 Å². The average molecular weight is 374 g/mol. The zero-order chi connectivity index (χ0) is 20.5. The van der Waals surface area contributed by atoms with Gasteiger partial charge in [0.2, 0.25) is 0 Å². The van der Waals surface area contributed by atoms with Crippen LogP contribution in [0.5, 0.6) is 0 Å². The smallest absolute Gasteiger partial charge is 0.412 e. The molecule has 2 aliphatic rings. The molecule has 0 amide bonds. The Bertz CT molecular complexity index is 618. The second-order valence-corrected chi connectivity index (χ2v) is 4.66. The molecular formula is C17H25F3N4O2. The number of halogens is 3. The third-order valence-electron chi connectivity index (χ3n) is 3.23. The van der Waals surface area contributed by atoms with Crippen molar-refractivity contribution in [2.24, 2.45) is 0 Å². The Morgan fingerprint density at radius 3 is 2.35 bits per heavy atom. The zero-order valence-corrected chi connectivity index (χ0v) is 15.7. The first kappa shape index (κ1) is 23.5. The first-order chi connectivity index (χ1) is 12.3. The zero-order valence-electron chi connectivity index (χ0n) is 15.7. The van der Waals surface area contributed by atoms with Crippen molar-refractivity contribution in [1.82, 2.24) is 15.8 Å². The Morgan fingerprint density at radius 1 is 1.31 bits per heavy atom. The molecule has 0 bridgehead atoms. The number of dihydropyridines is 1. The van der Waals surface area contributed by atoms with Crippen molar-refractivity contribution in [3.63, 3.8) is 0 Å². The van der Waals surface area contributed by atoms with E-state index in [-0.39, 0.29) is 17.0 Å². The van der Waals surface area contributed by atoms with Crippen molar-refractivity contribution in [1.29, 1.82) is 5.26 Å². The Hall–Kier alpha value is -2.47. The Labute approximate surface area is 152 Å². The number of rotatable bonds is 2. The molecule has 2 unspecified atom stereocenters. The van der Waals surface area contributed by atoms with Gasteiger partial charge >= 0.3 is 12.1 Å². The molecule has 0 saturated carbocycles. The van der Waals surface area contributed by atoms with Crippen molar-refractivity contribution < 1.29 is 22.7 Å². The summed E-state index contributed by atoms with van der Waals surface area (Å²) in [7, 11) is 2.73. The van der Waals surface area contributed by atoms with E-state index in [1.165, 1.54) is 25.2 Å². The number of ether oxygens (including phenoxy) is 1. The highest BCUT2D eigenvalue weighted by atomic mass is 19.4. The van der Waals surface area contributed by atoms with Gasteiger partial charge in [0.05, 0.1) is 24.1 Å². The van der Waals surface area contributed by atoms with E-state index in [1.54, 1.807) is 0 Å². The number of alkyl halides is 3. The predicted octanol–water partition coefficient (Wildman–Crippen LogP) is 2.78. The van der Waals surface area contributed by atoms with Crippen LogP contribution in [0.15, 0.2) is 35.2 Å². The third-order valence-corrected chi connectivity index (χ3v) is 3.23. The summed E-state index contributed by atoms with van der Waals surface area (Å²) in [6, 6.07) is -0.889. The topological polar surface area (TPSA) is 77.4 Å². The van der Waals surface area contributed by atoms with Crippen molar-refractivity contribution in [3.05, 3.63) is 35.2 Å². The second kappa shape index (κ2) is 10.5. The summed E-state index contributed by atoms with van der Waals surface area (Å²) in [4.78, 5) is 11.5. The predicted molar refractivity (Wildman–Crippen MR) is 92.2 cm³/mol. The van der Waals surface area contributed by atoms with Gasteiger partial charge in [-0.1, -0.05) is 33.8 Å². The van der Waals surface area contributed by atoms with E-state index in [0.29, 0.717) is 0 Å². The van der Waals surface area contributed by atoms with E-state index < -0.39 is 24.2 Å². The number of hydrogen-bond acceptors (Lipinski definition) is 6. The largest absolute Gasteiger partial charge is 0.468 e. The number of hydrazine groups is 1. The standard InChI is InChI=1S/C13H13F3N4O2.2C2H6/c1-20-9(5-8(19-20)12(21)22-2)11-7(6-17)3-4-10(18-11)13(14,15)16;2*1-2/h3-5,8,10,18-19H,1-2H3;2*1-2H3. The SMILES string of the molecule is CC.CC.COC(=O)C1C=C(C2=C(C#N)C=CC(C(F)(F)F)N2)N(C)N1. The molecule has 0 spiro atoms. The monoisotopic (exact) mass is 374 g/mol. The number of methoxy groups -OCH3 is 1. The lowest BCUT2D eigenvalue weighted by atomic mass is 10.0. The molecule has 2 atom stereocenters. The fourth-order valence-electron chi connectivity index (χ4n) is 2.14. The number of nitrogens with one attached hydrogen (secondary N) is 2. The number of nitrogens with zero attached hydrogens (tertiary/aromatic N) is 2. The Balaban J connectivity index is 0.00000146. The minimum atomic E-state index is -4.49. The van der Waals surface area contributed by atoms with Gasteiger partial charge in [-0.25, -0.2) is 10.2 Å². The normalized spacial score (nSPS) is 21.4. The lowest BCUT2D eigenvalue weighted by Gasteiger charge is -2.28. The summed E-state index contributed by atoms with van der Waals surface area (Å²) in [5.41, 5.74) is 3.05. The van der Waals surface area contributed by atoms with Gasteiger partial charge in [0, 0.05) is 7.05 Å². The van der Waals surface area contributed by atoms with Crippen LogP contribution in [0.1, 0.15) is 27.7 Å². The highest BCUT2D eigenvalue weighted by Crippen LogP contribution is 2.29. The van der Waals surface area contributed by atoms with Crippen molar-refractivity contribution >= 4 is 5.97 Å². The molecule has 2 rings (SSSR count). The van der Waals surface area contributed by atoms with Crippen molar-refractivity contribution in [2.45, 2.75) is 46.0 Å². The van der Waals surface area contributed by atoms with Gasteiger partial charge in [-0.3, -0.25) is 0 Å². The van der Waals surface area contributed by atoms with Crippen LogP contribution in [0.3, 0.4) is 0 Å². The number of carbonyl (C=O) groups is 1. The van der Waals surface area contributed by atoms with Gasteiger partial charge < -0.3 is 15.1 Å². The molecular weight excluding hydrogens is 349 g/mol. The van der Waals surface area contributed by atoms with Gasteiger partial charge in [0.15, 0.2) is 0 Å². The second-order valence-electron chi connectivity index (χ2n) is 4.66. The molecule has 26 heavy (non-hydrogen) atoms. The highest BCUT2D eigenvalue weighted by Gasteiger charge is 2.41. The number of allylic oxidation sites excluding steroid dienone is 2. The van der Waals surface area contributed by atoms with Crippen LogP contribution >= 0.6 is 0 Å². The maximum atomic E-state index is 12.8. The minimum absolute atomic E-state index is 0.00808. The van der Waals surface area contributed by atoms with Gasteiger partial charge in [0.1, 0.15) is 18.2 Å². The molecule has 0 aliphatic carbocycles. The number of nitriles is 1. The molecule has 6 nitrogen and oxygen atoms in total. The first-order valence-electron chi connectivity index (χ1n) is 8.23. The molecule has 2 heterocycles. The molecule has 0 aromatic heterocycles. The van der Waals surface area contributed by atoms with Gasteiger partial charge in [-0.15, -0.1) is 0 Å². The molecule has 2 aliphatic heterocycles. The highest BCUT2D eigenvalue weighted by molar-refractivity contribution is 5.79. The Morgan fingerprint density at radius 2 is 1.88 bits per heavy atom. The molecule has 0 aromatic carbocycles. The quantitative estimate of drug-likeness (QED) is 0.724. The Kier molecular flexibility index (Phi) is 9.51. The molecule has 0 fully saturated rings. The van der Waals surface area contributed by atoms with E-state index in [9.17, 15) is 18.0 Å². The number of carbonyl (C=O) groups excluding carboxylic acids is 1. The molecule has 2 N–H and O–H groups in total. The van der Waals surface area contributed by atoms with Gasteiger partial charge in [-0.2, -0.15) is 18.4 Å². The average Bonchev–Trinajstić information content (AvgIpc) is 3.04. The molecule has 0 radical (unpaired) electrons. The maximum absolute atomic E-state index is 12.8. The molecule has 146 valence electrons. The number of likely N-dealkylation sites (N-methyl/N-ethyl adjacent to an activating group) is 1. The number of esters is 1. The summed E-state index contributed by atoms with van der Waals surface area (Å²) in [5, 5.41) is 12.7. The molecule has 0 saturated heterocycles. The van der Waals surface area contributed by atoms with E-state index in [1.807, 2.05) is 33.8 Å². The van der Waals surface area contributed by atoms with Crippen LogP contribution < -0.4 is 10.7 Å². The van der Waals surface area contributed by atoms with E-state index in [4.69, 9.17) is 5.26 Å². The van der Waals surface area contributed by atoms with Crippen LogP contribution in [0, 0.1) is 11.3 Å². The first-order valence-corrected chi connectivity index (χ1v) is 8.23. The van der Waals surface area contributed by atoms with E-state index >= 15 is 0 Å². The van der Waals surface area contributed by atoms with Crippen LogP contribution in [0.25, 0.3) is 0 Å². The summed E-state index contributed by atoms with van der Waals surface area (Å²) in [5.74, 6) is -0.584. The lowest BCUT2D eigenvalue weighted by molar-refractivity contribution is -0.143. The fourth-order valence-corrected chi connectivity index (χ4v) is 2.14. The third kappa shape index (κ3) is 5.52. The lowest BCUT2D eigenvalue weighted by Crippen LogP contribution is -2.44. The van der Waals surface area contributed by atoms with Crippen LogP contribution in [0.4, 0.5) is 13.2 Å². The summed E-state index contributed by atoms with van der Waals surface area (Å²) in [6.45, 7) is 8.00.